The highest BCUT2D eigenvalue weighted by molar-refractivity contribution is 7.13. The average molecular weight is 359 g/mol. The number of thiazole rings is 1. The van der Waals surface area contributed by atoms with E-state index in [-0.39, 0.29) is 5.91 Å². The molecule has 0 aromatic carbocycles. The van der Waals surface area contributed by atoms with Gasteiger partial charge in [-0.2, -0.15) is 5.10 Å². The van der Waals surface area contributed by atoms with E-state index in [1.165, 1.54) is 17.5 Å². The highest BCUT2D eigenvalue weighted by Crippen LogP contribution is 2.13. The molecule has 0 radical (unpaired) electrons. The smallest absolute Gasteiger partial charge is 0.257 e. The summed E-state index contributed by atoms with van der Waals surface area (Å²) in [6, 6.07) is 0. The van der Waals surface area contributed by atoms with Crippen molar-refractivity contribution in [3.63, 3.8) is 0 Å². The summed E-state index contributed by atoms with van der Waals surface area (Å²) in [7, 11) is 0. The fraction of sp³-hybridized carbons (Fsp3) is 0.375. The van der Waals surface area contributed by atoms with Crippen molar-refractivity contribution in [2.45, 2.75) is 26.9 Å². The Morgan fingerprint density at radius 1 is 1.36 bits per heavy atom. The predicted octanol–water partition coefficient (Wildman–Crippen LogP) is 1.54. The van der Waals surface area contributed by atoms with E-state index in [4.69, 9.17) is 5.73 Å². The summed E-state index contributed by atoms with van der Waals surface area (Å²) in [4.78, 5) is 23.2. The molecule has 0 atom stereocenters. The molecule has 9 heteroatoms. The maximum absolute atomic E-state index is 12.4. The minimum absolute atomic E-state index is 0.231. The van der Waals surface area contributed by atoms with Crippen LogP contribution in [0.2, 0.25) is 0 Å². The number of fused-ring (bicyclic) bond motifs is 1. The van der Waals surface area contributed by atoms with Gasteiger partial charge in [0.05, 0.1) is 18.4 Å². The van der Waals surface area contributed by atoms with Crippen LogP contribution in [0.5, 0.6) is 0 Å². The molecule has 8 nitrogen and oxygen atoms in total. The average Bonchev–Trinajstić information content (AvgIpc) is 3.23. The molecule has 3 rings (SSSR count). The third kappa shape index (κ3) is 3.94. The third-order valence-corrected chi connectivity index (χ3v) is 4.68. The number of hydrogen-bond acceptors (Lipinski definition) is 7. The molecule has 132 valence electrons. The largest absolute Gasteiger partial charge is 0.375 e. The lowest BCUT2D eigenvalue weighted by molar-refractivity contribution is 0.0952. The molecule has 0 spiro atoms. The molecule has 0 aliphatic heterocycles. The molecule has 0 saturated carbocycles. The Morgan fingerprint density at radius 3 is 2.84 bits per heavy atom. The Bertz CT molecular complexity index is 868. The number of nitrogens with one attached hydrogen (secondary N) is 1. The molecule has 0 saturated heterocycles. The Hall–Kier alpha value is -2.52. The maximum Gasteiger partial charge on any atom is 0.257 e. The molecule has 1 amide bonds. The van der Waals surface area contributed by atoms with Crippen LogP contribution in [0.15, 0.2) is 24.0 Å². The van der Waals surface area contributed by atoms with Gasteiger partial charge in [-0.25, -0.2) is 14.5 Å². The van der Waals surface area contributed by atoms with E-state index >= 15 is 0 Å². The quantitative estimate of drug-likeness (QED) is 0.663. The van der Waals surface area contributed by atoms with Crippen LogP contribution >= 0.6 is 11.3 Å². The Kier molecular flexibility index (Phi) is 5.25. The van der Waals surface area contributed by atoms with E-state index in [9.17, 15) is 4.79 Å². The van der Waals surface area contributed by atoms with E-state index in [1.807, 2.05) is 11.6 Å². The second-order valence-electron chi connectivity index (χ2n) is 5.61. The van der Waals surface area contributed by atoms with Crippen molar-refractivity contribution in [2.75, 3.05) is 18.8 Å². The molecule has 0 bridgehead atoms. The number of nitrogen functional groups attached to an aromatic ring is 1. The van der Waals surface area contributed by atoms with E-state index < -0.39 is 0 Å². The van der Waals surface area contributed by atoms with E-state index in [1.54, 1.807) is 10.7 Å². The second-order valence-corrected chi connectivity index (χ2v) is 6.50. The van der Waals surface area contributed by atoms with Gasteiger partial charge in [0.25, 0.3) is 5.91 Å². The first kappa shape index (κ1) is 17.3. The number of carbonyl (C=O) groups excluding carboxylic acids is 1. The topological polar surface area (TPSA) is 101 Å². The van der Waals surface area contributed by atoms with Crippen molar-refractivity contribution in [1.29, 1.82) is 0 Å². The van der Waals surface area contributed by atoms with Gasteiger partial charge in [0, 0.05) is 29.9 Å². The van der Waals surface area contributed by atoms with Gasteiger partial charge in [0.1, 0.15) is 5.56 Å². The first-order valence-corrected chi connectivity index (χ1v) is 9.01. The lowest BCUT2D eigenvalue weighted by atomic mass is 10.3. The normalized spacial score (nSPS) is 11.3. The lowest BCUT2D eigenvalue weighted by Gasteiger charge is -2.17. The van der Waals surface area contributed by atoms with Crippen molar-refractivity contribution in [1.82, 2.24) is 29.8 Å². The number of amides is 1. The molecule has 0 aliphatic carbocycles. The molecule has 3 aromatic heterocycles. The SMILES string of the molecule is CCN(CC)Cc1cnc2c(C(=O)NCc3csc(N)n3)cnn2c1. The highest BCUT2D eigenvalue weighted by Gasteiger charge is 2.15. The van der Waals surface area contributed by atoms with Gasteiger partial charge in [0.2, 0.25) is 0 Å². The molecule has 0 aliphatic rings. The van der Waals surface area contributed by atoms with Crippen LogP contribution in [0.4, 0.5) is 5.13 Å². The number of nitrogens with zero attached hydrogens (tertiary/aromatic N) is 5. The zero-order valence-corrected chi connectivity index (χ0v) is 15.1. The molecule has 0 fully saturated rings. The molecule has 0 unspecified atom stereocenters. The van der Waals surface area contributed by atoms with Gasteiger partial charge < -0.3 is 11.1 Å². The van der Waals surface area contributed by atoms with Crippen LogP contribution in [0.3, 0.4) is 0 Å². The number of carbonyl (C=O) groups is 1. The minimum atomic E-state index is -0.231. The van der Waals surface area contributed by atoms with Gasteiger partial charge >= 0.3 is 0 Å². The molecular formula is C16H21N7OS. The zero-order valence-electron chi connectivity index (χ0n) is 14.3. The third-order valence-electron chi connectivity index (χ3n) is 3.95. The van der Waals surface area contributed by atoms with Crippen molar-refractivity contribution in [3.8, 4) is 0 Å². The van der Waals surface area contributed by atoms with Crippen molar-refractivity contribution >= 4 is 28.0 Å². The summed E-state index contributed by atoms with van der Waals surface area (Å²) in [5, 5.41) is 9.39. The summed E-state index contributed by atoms with van der Waals surface area (Å²) in [6.07, 6.45) is 5.25. The van der Waals surface area contributed by atoms with Crippen molar-refractivity contribution in [3.05, 3.63) is 40.8 Å². The van der Waals surface area contributed by atoms with Gasteiger partial charge in [-0.15, -0.1) is 11.3 Å². The van der Waals surface area contributed by atoms with E-state index in [0.717, 1.165) is 30.9 Å². The lowest BCUT2D eigenvalue weighted by Crippen LogP contribution is -2.23. The first-order chi connectivity index (χ1) is 12.1. The number of rotatable bonds is 7. The van der Waals surface area contributed by atoms with Gasteiger partial charge in [-0.1, -0.05) is 13.8 Å². The van der Waals surface area contributed by atoms with Gasteiger partial charge in [-0.3, -0.25) is 9.69 Å². The predicted molar refractivity (Wildman–Crippen MR) is 97.3 cm³/mol. The van der Waals surface area contributed by atoms with Crippen LogP contribution in [-0.4, -0.2) is 43.5 Å². The highest BCUT2D eigenvalue weighted by atomic mass is 32.1. The number of hydrogen-bond donors (Lipinski definition) is 2. The standard InChI is InChI=1S/C16H21N7OS/c1-3-22(4-2)8-11-5-18-14-13(7-20-23(14)9-11)15(24)19-6-12-10-25-16(17)21-12/h5,7,9-10H,3-4,6,8H2,1-2H3,(H2,17,21)(H,19,24). The summed E-state index contributed by atoms with van der Waals surface area (Å²) in [6.45, 7) is 7.33. The van der Waals surface area contributed by atoms with Crippen LogP contribution < -0.4 is 11.1 Å². The molecule has 3 N–H and O–H groups in total. The Morgan fingerprint density at radius 2 is 2.16 bits per heavy atom. The molecular weight excluding hydrogens is 338 g/mol. The summed E-state index contributed by atoms with van der Waals surface area (Å²) < 4.78 is 1.65. The number of aromatic nitrogens is 4. The summed E-state index contributed by atoms with van der Waals surface area (Å²) >= 11 is 1.35. The maximum atomic E-state index is 12.4. The minimum Gasteiger partial charge on any atom is -0.375 e. The van der Waals surface area contributed by atoms with Crippen LogP contribution in [0.25, 0.3) is 5.65 Å². The molecule has 3 heterocycles. The first-order valence-electron chi connectivity index (χ1n) is 8.13. The monoisotopic (exact) mass is 359 g/mol. The molecule has 3 aromatic rings. The van der Waals surface area contributed by atoms with Crippen molar-refractivity contribution in [2.24, 2.45) is 0 Å². The Labute approximate surface area is 149 Å². The Balaban J connectivity index is 1.72. The fourth-order valence-corrected chi connectivity index (χ4v) is 3.09. The molecule has 25 heavy (non-hydrogen) atoms. The summed E-state index contributed by atoms with van der Waals surface area (Å²) in [5.74, 6) is -0.231. The van der Waals surface area contributed by atoms with Crippen LogP contribution in [0.1, 0.15) is 35.5 Å². The summed E-state index contributed by atoms with van der Waals surface area (Å²) in [5.41, 5.74) is 8.37. The van der Waals surface area contributed by atoms with Gasteiger partial charge in [-0.05, 0) is 13.1 Å². The number of anilines is 1. The number of nitrogens with two attached hydrogens (primary N) is 1. The van der Waals surface area contributed by atoms with Crippen LogP contribution in [-0.2, 0) is 13.1 Å². The second kappa shape index (κ2) is 7.58. The van der Waals surface area contributed by atoms with Gasteiger partial charge in [0.15, 0.2) is 10.8 Å². The van der Waals surface area contributed by atoms with E-state index in [0.29, 0.717) is 22.9 Å². The van der Waals surface area contributed by atoms with E-state index in [2.05, 4.69) is 39.1 Å². The fourth-order valence-electron chi connectivity index (χ4n) is 2.53. The zero-order chi connectivity index (χ0) is 17.8. The van der Waals surface area contributed by atoms with Crippen molar-refractivity contribution < 1.29 is 4.79 Å². The van der Waals surface area contributed by atoms with Crippen LogP contribution in [0, 0.1) is 0 Å².